The van der Waals surface area contributed by atoms with E-state index in [9.17, 15) is 4.79 Å². The lowest BCUT2D eigenvalue weighted by Crippen LogP contribution is -2.15. The van der Waals surface area contributed by atoms with E-state index in [4.69, 9.17) is 4.74 Å². The van der Waals surface area contributed by atoms with Gasteiger partial charge in [0, 0.05) is 29.6 Å². The number of nitrogens with zero attached hydrogens (tertiary/aromatic N) is 3. The van der Waals surface area contributed by atoms with Gasteiger partial charge in [-0.25, -0.2) is 4.98 Å². The fourth-order valence-corrected chi connectivity index (χ4v) is 3.55. The Hall–Kier alpha value is -2.03. The van der Waals surface area contributed by atoms with Crippen molar-refractivity contribution < 1.29 is 9.53 Å². The van der Waals surface area contributed by atoms with Crippen LogP contribution in [-0.4, -0.2) is 27.8 Å². The molecule has 0 saturated heterocycles. The summed E-state index contributed by atoms with van der Waals surface area (Å²) in [6, 6.07) is 7.90. The molecular weight excluding hydrogens is 404 g/mol. The number of nitrogens with one attached hydrogen (secondary N) is 1. The van der Waals surface area contributed by atoms with Gasteiger partial charge in [0.15, 0.2) is 0 Å². The van der Waals surface area contributed by atoms with Crippen molar-refractivity contribution in [1.29, 1.82) is 0 Å². The van der Waals surface area contributed by atoms with Crippen molar-refractivity contribution in [3.8, 4) is 11.1 Å². The third-order valence-electron chi connectivity index (χ3n) is 3.64. The number of hydrogen-bond acceptors (Lipinski definition) is 5. The predicted octanol–water partition coefficient (Wildman–Crippen LogP) is 4.01. The van der Waals surface area contributed by atoms with Crippen molar-refractivity contribution in [2.24, 2.45) is 7.05 Å². The molecule has 0 spiro atoms. The fourth-order valence-electron chi connectivity index (χ4n) is 2.54. The lowest BCUT2D eigenvalue weighted by molar-refractivity contribution is 0.102. The van der Waals surface area contributed by atoms with Crippen LogP contribution < -0.4 is 5.32 Å². The Labute approximate surface area is 158 Å². The Kier molecular flexibility index (Phi) is 5.31. The van der Waals surface area contributed by atoms with Gasteiger partial charge in [0.2, 0.25) is 0 Å². The summed E-state index contributed by atoms with van der Waals surface area (Å²) >= 11 is 4.84. The van der Waals surface area contributed by atoms with E-state index in [1.807, 2.05) is 38.2 Å². The zero-order valence-electron chi connectivity index (χ0n) is 14.0. The number of aryl methyl sites for hydroxylation is 2. The van der Waals surface area contributed by atoms with Crippen LogP contribution in [0, 0.1) is 6.92 Å². The summed E-state index contributed by atoms with van der Waals surface area (Å²) in [5.74, 6) is 0.381. The van der Waals surface area contributed by atoms with Gasteiger partial charge in [0.1, 0.15) is 16.5 Å². The number of benzene rings is 1. The topological polar surface area (TPSA) is 69.0 Å². The van der Waals surface area contributed by atoms with E-state index in [2.05, 4.69) is 31.3 Å². The molecule has 8 heteroatoms. The predicted molar refractivity (Wildman–Crippen MR) is 102 cm³/mol. The second-order valence-corrected chi connectivity index (χ2v) is 7.31. The Morgan fingerprint density at radius 2 is 2.08 bits per heavy atom. The summed E-state index contributed by atoms with van der Waals surface area (Å²) in [6.07, 6.45) is 0. The van der Waals surface area contributed by atoms with Crippen LogP contribution in [0.15, 0.2) is 34.1 Å². The van der Waals surface area contributed by atoms with Gasteiger partial charge in [-0.2, -0.15) is 5.10 Å². The van der Waals surface area contributed by atoms with Gasteiger partial charge in [-0.05, 0) is 24.6 Å². The molecule has 25 heavy (non-hydrogen) atoms. The second-order valence-electron chi connectivity index (χ2n) is 5.45. The van der Waals surface area contributed by atoms with Crippen LogP contribution in [0.4, 0.5) is 5.82 Å². The maximum absolute atomic E-state index is 12.6. The maximum Gasteiger partial charge on any atom is 0.276 e. The quantitative estimate of drug-likeness (QED) is 0.676. The van der Waals surface area contributed by atoms with E-state index in [1.165, 1.54) is 11.3 Å². The van der Waals surface area contributed by atoms with Crippen molar-refractivity contribution in [2.75, 3.05) is 12.4 Å². The first kappa shape index (κ1) is 17.8. The lowest BCUT2D eigenvalue weighted by atomic mass is 10.1. The molecule has 0 radical (unpaired) electrons. The number of halogens is 1. The summed E-state index contributed by atoms with van der Waals surface area (Å²) in [4.78, 5) is 16.9. The molecule has 2 heterocycles. The highest BCUT2D eigenvalue weighted by Gasteiger charge is 2.19. The molecule has 0 fully saturated rings. The van der Waals surface area contributed by atoms with Crippen molar-refractivity contribution >= 4 is 39.0 Å². The lowest BCUT2D eigenvalue weighted by Gasteiger charge is -2.08. The summed E-state index contributed by atoms with van der Waals surface area (Å²) < 4.78 is 7.72. The molecule has 0 bridgehead atoms. The average Bonchev–Trinajstić information content (AvgIpc) is 3.14. The highest BCUT2D eigenvalue weighted by atomic mass is 79.9. The average molecular weight is 421 g/mol. The molecule has 3 aromatic rings. The van der Waals surface area contributed by atoms with Crippen LogP contribution >= 0.6 is 27.3 Å². The Morgan fingerprint density at radius 3 is 2.76 bits per heavy atom. The van der Waals surface area contributed by atoms with E-state index >= 15 is 0 Å². The number of ether oxygens (including phenoxy) is 1. The smallest absolute Gasteiger partial charge is 0.276 e. The van der Waals surface area contributed by atoms with Crippen LogP contribution in [0.3, 0.4) is 0 Å². The molecule has 0 aliphatic rings. The number of aromatic nitrogens is 3. The monoisotopic (exact) mass is 420 g/mol. The van der Waals surface area contributed by atoms with Crippen LogP contribution in [0.2, 0.25) is 0 Å². The van der Waals surface area contributed by atoms with E-state index in [0.717, 1.165) is 26.3 Å². The van der Waals surface area contributed by atoms with E-state index in [0.29, 0.717) is 18.1 Å². The number of thiazole rings is 1. The summed E-state index contributed by atoms with van der Waals surface area (Å²) in [5, 5.41) is 9.88. The molecular formula is C17H17BrN4O2S. The highest BCUT2D eigenvalue weighted by Crippen LogP contribution is 2.32. The first-order chi connectivity index (χ1) is 12.0. The van der Waals surface area contributed by atoms with E-state index in [1.54, 1.807) is 17.2 Å². The van der Waals surface area contributed by atoms with Crippen molar-refractivity contribution in [2.45, 2.75) is 13.5 Å². The van der Waals surface area contributed by atoms with Crippen LogP contribution in [0.25, 0.3) is 11.1 Å². The third kappa shape index (κ3) is 3.81. The summed E-state index contributed by atoms with van der Waals surface area (Å²) in [6.45, 7) is 2.32. The van der Waals surface area contributed by atoms with Gasteiger partial charge in [-0.3, -0.25) is 9.48 Å². The minimum absolute atomic E-state index is 0.264. The molecule has 0 unspecified atom stereocenters. The van der Waals surface area contributed by atoms with Crippen LogP contribution in [-0.2, 0) is 18.4 Å². The standard InChI is InChI=1S/C17H17BrN4O2S/c1-10-15(11-4-6-12(18)7-5-11)16(22(2)21-10)20-17(23)13-9-25-14(19-13)8-24-3/h4-7,9H,8H2,1-3H3,(H,20,23). The Morgan fingerprint density at radius 1 is 1.36 bits per heavy atom. The molecule has 130 valence electrons. The van der Waals surface area contributed by atoms with Crippen LogP contribution in [0.5, 0.6) is 0 Å². The van der Waals surface area contributed by atoms with E-state index in [-0.39, 0.29) is 5.91 Å². The maximum atomic E-state index is 12.6. The number of rotatable bonds is 5. The molecule has 0 atom stereocenters. The summed E-state index contributed by atoms with van der Waals surface area (Å²) in [5.41, 5.74) is 3.11. The third-order valence-corrected chi connectivity index (χ3v) is 4.99. The van der Waals surface area contributed by atoms with Gasteiger partial charge in [0.25, 0.3) is 5.91 Å². The first-order valence-corrected chi connectivity index (χ1v) is 9.21. The van der Waals surface area contributed by atoms with Crippen molar-refractivity contribution in [3.63, 3.8) is 0 Å². The minimum atomic E-state index is -0.264. The molecule has 1 aromatic carbocycles. The number of hydrogen-bond donors (Lipinski definition) is 1. The number of anilines is 1. The highest BCUT2D eigenvalue weighted by molar-refractivity contribution is 9.10. The molecule has 0 saturated carbocycles. The molecule has 2 aromatic heterocycles. The number of carbonyl (C=O) groups is 1. The Balaban J connectivity index is 1.91. The molecule has 1 N–H and O–H groups in total. The molecule has 6 nitrogen and oxygen atoms in total. The Bertz CT molecular complexity index is 902. The first-order valence-electron chi connectivity index (χ1n) is 7.54. The largest absolute Gasteiger partial charge is 0.378 e. The van der Waals surface area contributed by atoms with Crippen LogP contribution in [0.1, 0.15) is 21.2 Å². The minimum Gasteiger partial charge on any atom is -0.378 e. The zero-order valence-corrected chi connectivity index (χ0v) is 16.4. The number of methoxy groups -OCH3 is 1. The number of carbonyl (C=O) groups excluding carboxylic acids is 1. The van der Waals surface area contributed by atoms with Gasteiger partial charge < -0.3 is 10.1 Å². The summed E-state index contributed by atoms with van der Waals surface area (Å²) in [7, 11) is 3.41. The van der Waals surface area contributed by atoms with Crippen molar-refractivity contribution in [1.82, 2.24) is 14.8 Å². The molecule has 0 aliphatic carbocycles. The molecule has 3 rings (SSSR count). The van der Waals surface area contributed by atoms with Gasteiger partial charge in [-0.15, -0.1) is 11.3 Å². The number of amides is 1. The van der Waals surface area contributed by atoms with Gasteiger partial charge >= 0.3 is 0 Å². The van der Waals surface area contributed by atoms with Gasteiger partial charge in [0.05, 0.1) is 12.3 Å². The van der Waals surface area contributed by atoms with Gasteiger partial charge in [-0.1, -0.05) is 28.1 Å². The van der Waals surface area contributed by atoms with Crippen molar-refractivity contribution in [3.05, 3.63) is 50.5 Å². The fraction of sp³-hybridized carbons (Fsp3) is 0.235. The second kappa shape index (κ2) is 7.47. The van der Waals surface area contributed by atoms with E-state index < -0.39 is 0 Å². The SMILES string of the molecule is COCc1nc(C(=O)Nc2c(-c3ccc(Br)cc3)c(C)nn2C)cs1. The normalized spacial score (nSPS) is 10.9. The molecule has 0 aliphatic heterocycles. The molecule has 1 amide bonds. The zero-order chi connectivity index (χ0) is 18.0.